The smallest absolute Gasteiger partial charge is 0.257 e. The lowest BCUT2D eigenvalue weighted by Gasteiger charge is -2.20. The van der Waals surface area contributed by atoms with Gasteiger partial charge in [-0.25, -0.2) is 4.98 Å². The topological polar surface area (TPSA) is 55.1 Å². The predicted octanol–water partition coefficient (Wildman–Crippen LogP) is 2.10. The van der Waals surface area contributed by atoms with Gasteiger partial charge in [0.15, 0.2) is 0 Å². The first-order valence-electron chi connectivity index (χ1n) is 8.06. The van der Waals surface area contributed by atoms with Crippen LogP contribution in [0.25, 0.3) is 0 Å². The van der Waals surface area contributed by atoms with Crippen molar-refractivity contribution < 1.29 is 5.11 Å². The van der Waals surface area contributed by atoms with Crippen molar-refractivity contribution in [1.82, 2.24) is 9.55 Å². The summed E-state index contributed by atoms with van der Waals surface area (Å²) in [5.74, 6) is 0.918. The van der Waals surface area contributed by atoms with E-state index >= 15 is 0 Å². The number of hydrogen-bond acceptors (Lipinski definition) is 3. The molecule has 0 atom stereocenters. The van der Waals surface area contributed by atoms with Crippen molar-refractivity contribution in [1.29, 1.82) is 0 Å². The fourth-order valence-electron chi connectivity index (χ4n) is 3.09. The normalized spacial score (nSPS) is 13.9. The van der Waals surface area contributed by atoms with E-state index in [1.807, 2.05) is 34.9 Å². The van der Waals surface area contributed by atoms with Gasteiger partial charge in [0.1, 0.15) is 5.82 Å². The molecular formula is C18H22N2O2. The molecule has 0 saturated heterocycles. The Kier molecular flexibility index (Phi) is 4.68. The summed E-state index contributed by atoms with van der Waals surface area (Å²) in [6, 6.07) is 10.0. The zero-order valence-corrected chi connectivity index (χ0v) is 12.8. The molecule has 1 N–H and O–H groups in total. The first kappa shape index (κ1) is 15.0. The molecule has 0 saturated carbocycles. The van der Waals surface area contributed by atoms with Crippen LogP contribution in [-0.4, -0.2) is 21.3 Å². The van der Waals surface area contributed by atoms with E-state index in [2.05, 4.69) is 0 Å². The SMILES string of the molecule is O=c1c(Cc2ccccc2)c(CCCO)nc2n1CCCC2. The van der Waals surface area contributed by atoms with Crippen molar-refractivity contribution in [3.63, 3.8) is 0 Å². The highest BCUT2D eigenvalue weighted by atomic mass is 16.2. The van der Waals surface area contributed by atoms with Gasteiger partial charge in [-0.05, 0) is 31.2 Å². The van der Waals surface area contributed by atoms with Gasteiger partial charge in [-0.2, -0.15) is 0 Å². The fraction of sp³-hybridized carbons (Fsp3) is 0.444. The Morgan fingerprint density at radius 1 is 1.18 bits per heavy atom. The summed E-state index contributed by atoms with van der Waals surface area (Å²) < 4.78 is 1.85. The number of hydrogen-bond donors (Lipinski definition) is 1. The molecule has 1 aromatic carbocycles. The molecule has 3 rings (SSSR count). The Labute approximate surface area is 130 Å². The van der Waals surface area contributed by atoms with Gasteiger partial charge in [0, 0.05) is 31.6 Å². The molecule has 4 heteroatoms. The summed E-state index contributed by atoms with van der Waals surface area (Å²) in [6.45, 7) is 0.911. The third-order valence-electron chi connectivity index (χ3n) is 4.25. The molecule has 1 aliphatic rings. The average Bonchev–Trinajstić information content (AvgIpc) is 2.57. The summed E-state index contributed by atoms with van der Waals surface area (Å²) in [6.07, 6.45) is 4.97. The maximum atomic E-state index is 12.9. The lowest BCUT2D eigenvalue weighted by molar-refractivity contribution is 0.287. The quantitative estimate of drug-likeness (QED) is 0.919. The number of aliphatic hydroxyl groups is 1. The van der Waals surface area contributed by atoms with E-state index < -0.39 is 0 Å². The van der Waals surface area contributed by atoms with E-state index in [1.54, 1.807) is 0 Å². The van der Waals surface area contributed by atoms with Crippen LogP contribution in [0.15, 0.2) is 35.1 Å². The molecule has 22 heavy (non-hydrogen) atoms. The van der Waals surface area contributed by atoms with Crippen molar-refractivity contribution in [3.8, 4) is 0 Å². The van der Waals surface area contributed by atoms with Gasteiger partial charge in [-0.1, -0.05) is 30.3 Å². The zero-order chi connectivity index (χ0) is 15.4. The van der Waals surface area contributed by atoms with Gasteiger partial charge < -0.3 is 5.11 Å². The molecule has 0 unspecified atom stereocenters. The third kappa shape index (κ3) is 3.12. The monoisotopic (exact) mass is 298 g/mol. The zero-order valence-electron chi connectivity index (χ0n) is 12.8. The van der Waals surface area contributed by atoms with Crippen LogP contribution in [0.3, 0.4) is 0 Å². The maximum Gasteiger partial charge on any atom is 0.257 e. The van der Waals surface area contributed by atoms with Gasteiger partial charge in [-0.3, -0.25) is 9.36 Å². The molecule has 4 nitrogen and oxygen atoms in total. The number of nitrogens with zero attached hydrogens (tertiary/aromatic N) is 2. The Morgan fingerprint density at radius 2 is 2.00 bits per heavy atom. The summed E-state index contributed by atoms with van der Waals surface area (Å²) in [5.41, 5.74) is 2.91. The van der Waals surface area contributed by atoms with Gasteiger partial charge in [-0.15, -0.1) is 0 Å². The van der Waals surface area contributed by atoms with Crippen LogP contribution in [-0.2, 0) is 25.8 Å². The largest absolute Gasteiger partial charge is 0.396 e. The fourth-order valence-corrected chi connectivity index (χ4v) is 3.09. The molecule has 0 amide bonds. The second kappa shape index (κ2) is 6.88. The lowest BCUT2D eigenvalue weighted by Crippen LogP contribution is -2.32. The van der Waals surface area contributed by atoms with Crippen LogP contribution in [0.1, 0.15) is 41.9 Å². The number of benzene rings is 1. The highest BCUT2D eigenvalue weighted by molar-refractivity contribution is 5.28. The molecule has 2 heterocycles. The van der Waals surface area contributed by atoms with Crippen LogP contribution in [0, 0.1) is 0 Å². The third-order valence-corrected chi connectivity index (χ3v) is 4.25. The Morgan fingerprint density at radius 3 is 2.77 bits per heavy atom. The molecular weight excluding hydrogens is 276 g/mol. The van der Waals surface area contributed by atoms with Crippen LogP contribution in [0.4, 0.5) is 0 Å². The van der Waals surface area contributed by atoms with Crippen LogP contribution in [0.2, 0.25) is 0 Å². The van der Waals surface area contributed by atoms with E-state index in [9.17, 15) is 4.79 Å². The first-order valence-corrected chi connectivity index (χ1v) is 8.06. The number of aromatic nitrogens is 2. The predicted molar refractivity (Wildman–Crippen MR) is 86.1 cm³/mol. The van der Waals surface area contributed by atoms with Crippen LogP contribution >= 0.6 is 0 Å². The molecule has 1 aliphatic heterocycles. The molecule has 0 bridgehead atoms. The highest BCUT2D eigenvalue weighted by Crippen LogP contribution is 2.16. The van der Waals surface area contributed by atoms with E-state index in [-0.39, 0.29) is 12.2 Å². The van der Waals surface area contributed by atoms with Crippen molar-refractivity contribution >= 4 is 0 Å². The van der Waals surface area contributed by atoms with Crippen LogP contribution < -0.4 is 5.56 Å². The van der Waals surface area contributed by atoms with E-state index in [1.165, 1.54) is 0 Å². The Bertz CT molecular complexity index is 692. The van der Waals surface area contributed by atoms with Gasteiger partial charge in [0.25, 0.3) is 5.56 Å². The molecule has 0 radical (unpaired) electrons. The minimum absolute atomic E-state index is 0.112. The molecule has 0 spiro atoms. The van der Waals surface area contributed by atoms with Crippen molar-refractivity contribution in [2.45, 2.75) is 45.1 Å². The maximum absolute atomic E-state index is 12.9. The minimum Gasteiger partial charge on any atom is -0.396 e. The minimum atomic E-state index is 0.112. The number of rotatable bonds is 5. The molecule has 2 aromatic rings. The van der Waals surface area contributed by atoms with Gasteiger partial charge in [0.05, 0.1) is 5.69 Å². The molecule has 0 aliphatic carbocycles. The summed E-state index contributed by atoms with van der Waals surface area (Å²) in [7, 11) is 0. The van der Waals surface area contributed by atoms with Crippen molar-refractivity contribution in [3.05, 3.63) is 63.3 Å². The molecule has 116 valence electrons. The van der Waals surface area contributed by atoms with Crippen LogP contribution in [0.5, 0.6) is 0 Å². The lowest BCUT2D eigenvalue weighted by atomic mass is 10.0. The summed E-state index contributed by atoms with van der Waals surface area (Å²) >= 11 is 0. The number of fused-ring (bicyclic) bond motifs is 1. The Balaban J connectivity index is 2.03. The standard InChI is InChI=1S/C18H22N2O2/c21-12-6-9-16-15(13-14-7-2-1-3-8-14)18(22)20-11-5-4-10-17(20)19-16/h1-3,7-8,21H,4-6,9-13H2. The molecule has 1 aromatic heterocycles. The van der Waals surface area contributed by atoms with E-state index in [0.717, 1.165) is 48.5 Å². The van der Waals surface area contributed by atoms with E-state index in [0.29, 0.717) is 19.3 Å². The average molecular weight is 298 g/mol. The van der Waals surface area contributed by atoms with Crippen molar-refractivity contribution in [2.24, 2.45) is 0 Å². The number of aliphatic hydroxyl groups excluding tert-OH is 1. The second-order valence-electron chi connectivity index (χ2n) is 5.86. The second-order valence-corrected chi connectivity index (χ2v) is 5.86. The van der Waals surface area contributed by atoms with Gasteiger partial charge >= 0.3 is 0 Å². The molecule has 0 fully saturated rings. The summed E-state index contributed by atoms with van der Waals surface area (Å²) in [5, 5.41) is 9.10. The number of aryl methyl sites for hydroxylation is 2. The first-order chi connectivity index (χ1) is 10.8. The van der Waals surface area contributed by atoms with Gasteiger partial charge in [0.2, 0.25) is 0 Å². The highest BCUT2D eigenvalue weighted by Gasteiger charge is 2.18. The van der Waals surface area contributed by atoms with E-state index in [4.69, 9.17) is 10.1 Å². The summed E-state index contributed by atoms with van der Waals surface area (Å²) in [4.78, 5) is 17.6. The van der Waals surface area contributed by atoms with Crippen molar-refractivity contribution in [2.75, 3.05) is 6.61 Å². The Hall–Kier alpha value is -1.94.